The van der Waals surface area contributed by atoms with Crippen LogP contribution in [0.2, 0.25) is 10.0 Å². The average molecular weight is 1790 g/mol. The standard InChI is InChI=1S/C83H87Cl2N7O31.CO2/c1-3-4-61(103)90-66-72(108)69(105)59(29-94)120-82(66)123-76-56-21-37-22-57(76)117-53-12-8-35(19-46(53)85)75(122-81-65(88-31(2)96)71(107)68(104)58(28-93)119-81)67-80(114)87-27-38-16-40(98)24-55(118-83-74(110)73(109)70(106)60(30-95)121-83)62(38)44-18-33(6-9-48(44)99)42(77(111)92-67)26-51(102)64(37)91-78(112)43-25-50(101)47(14-32-5-11-52(116-56)45(84)13-32)89-79(113)63(86)34-7-10-49(100)54(20-34)115-41-17-36(43)15-39(97)23-41;2-1-3/h5-13,15-24,42-43,47,58-60,63-75,81-83,93-95,97-100,104-110H,3-4,14,25-30,86H2,1-2H3,(H,87,114)(H,88,96)(H,89,113)(H,90,103)(H,91,112)(H,92,111);/t42-,43+,47-,58?,59?,60?,63-,64-,65?,66?,67+,68-,69-,70-,71-,72-,73?,74-,75-,81+,82+,83+;/m1./s1. The minimum absolute atomic E-state index is 0.0710. The van der Waals surface area contributed by atoms with Gasteiger partial charge in [-0.05, 0) is 131 Å². The molecule has 16 rings (SSSR count). The Kier molecular flexibility index (Phi) is 28.5. The molecule has 0 aromatic heterocycles. The molecular weight excluding hydrogens is 1710 g/mol. The molecule has 6 unspecified atom stereocenters. The molecule has 126 heavy (non-hydrogen) atoms. The van der Waals surface area contributed by atoms with Crippen molar-refractivity contribution >= 4 is 76.4 Å². The van der Waals surface area contributed by atoms with E-state index in [0.717, 1.165) is 67.6 Å². The van der Waals surface area contributed by atoms with Crippen molar-refractivity contribution in [1.29, 1.82) is 0 Å². The second kappa shape index (κ2) is 39.0. The third-order valence-corrected chi connectivity index (χ3v) is 22.8. The lowest BCUT2D eigenvalue weighted by Gasteiger charge is -2.44. The predicted octanol–water partition coefficient (Wildman–Crippen LogP) is 0.385. The molecule has 9 heterocycles. The maximum atomic E-state index is 17.0. The Morgan fingerprint density at radius 3 is 1.75 bits per heavy atom. The summed E-state index contributed by atoms with van der Waals surface area (Å²) in [7, 11) is 0. The molecule has 7 aromatic carbocycles. The van der Waals surface area contributed by atoms with Gasteiger partial charge < -0.3 is 152 Å². The first kappa shape index (κ1) is 91.9. The summed E-state index contributed by atoms with van der Waals surface area (Å²) in [5, 5.41) is 173. The van der Waals surface area contributed by atoms with E-state index in [-0.39, 0.29) is 85.8 Å². The number of fused-ring (bicyclic) bond motifs is 14. The van der Waals surface area contributed by atoms with E-state index in [4.69, 9.17) is 81.2 Å². The summed E-state index contributed by atoms with van der Waals surface area (Å²) in [6.07, 6.45) is -29.3. The zero-order valence-electron chi connectivity index (χ0n) is 66.4. The summed E-state index contributed by atoms with van der Waals surface area (Å²) in [5.41, 5.74) is 4.94. The number of ketones is 2. The lowest BCUT2D eigenvalue weighted by Crippen LogP contribution is -2.65. The van der Waals surface area contributed by atoms with Crippen molar-refractivity contribution in [2.75, 3.05) is 19.8 Å². The van der Waals surface area contributed by atoms with Gasteiger partial charge in [-0.25, -0.2) is 0 Å². The van der Waals surface area contributed by atoms with Crippen molar-refractivity contribution in [3.05, 3.63) is 164 Å². The van der Waals surface area contributed by atoms with Gasteiger partial charge in [-0.2, -0.15) is 9.59 Å². The van der Waals surface area contributed by atoms with Gasteiger partial charge in [0.1, 0.15) is 138 Å². The smallest absolute Gasteiger partial charge is 0.373 e. The molecule has 7 aromatic rings. The number of rotatable bonds is 13. The SMILES string of the molecule is CCCC(=O)NC1[C@H](Oc2c3cc4cc2Oc2ccc(cc2Cl)[C@@H](O[C@@H]2OC(CO)[C@@H](O)[C@H](O)C2NC(C)=O)[C@@H]2NC(=O)[C@H](CC(=O)[C@@H]4NC(=O)[C@H]4CC(=O)[C@@H](Cc5ccc(c(Cl)c5)O3)NC(=O)[C@H](N)c3ccc(O)c(c3)Oc3cc(O)cc4c3)c3ccc(O)c(c3)-c3c(cc(O)cc3O[C@H]3OC(CO)[C@@H](O)C(O)[C@H]3O)CNC2=O)OC(CO)[C@@H](O)[C@@H]1O.O=C=O. The number of aromatic hydroxyl groups is 4. The molecule has 9 aliphatic heterocycles. The number of ether oxygens (including phenoxy) is 9. The number of amides is 6. The van der Waals surface area contributed by atoms with Crippen molar-refractivity contribution in [3.8, 4) is 80.1 Å². The number of phenols is 4. The highest BCUT2D eigenvalue weighted by Crippen LogP contribution is 2.51. The van der Waals surface area contributed by atoms with E-state index in [1.807, 2.05) is 0 Å². The molecule has 670 valence electrons. The molecular formula is C84H87Cl2N7O33. The summed E-state index contributed by atoms with van der Waals surface area (Å²) in [4.78, 5) is 139. The first-order valence-corrected chi connectivity index (χ1v) is 40.1. The molecule has 0 spiro atoms. The number of hydrogen-bond donors (Lipinski definition) is 21. The molecule has 6 amide bonds. The van der Waals surface area contributed by atoms with Crippen LogP contribution in [0.1, 0.15) is 108 Å². The van der Waals surface area contributed by atoms with Gasteiger partial charge in [-0.3, -0.25) is 38.4 Å². The molecule has 0 radical (unpaired) electrons. The Hall–Kier alpha value is -11.7. The van der Waals surface area contributed by atoms with Crippen LogP contribution in [0.15, 0.2) is 115 Å². The van der Waals surface area contributed by atoms with Crippen LogP contribution in [0.3, 0.4) is 0 Å². The van der Waals surface area contributed by atoms with Crippen molar-refractivity contribution in [1.82, 2.24) is 31.9 Å². The summed E-state index contributed by atoms with van der Waals surface area (Å²) in [5.74, 6) is -18.5. The van der Waals surface area contributed by atoms with Crippen LogP contribution in [0.5, 0.6) is 69.0 Å². The fourth-order valence-electron chi connectivity index (χ4n) is 15.8. The molecule has 40 nitrogen and oxygen atoms in total. The number of carbonyl (C=O) groups excluding carboxylic acids is 10. The zero-order chi connectivity index (χ0) is 90.7. The number of benzene rings is 7. The number of hydrogen-bond acceptors (Lipinski definition) is 34. The van der Waals surface area contributed by atoms with E-state index >= 15 is 24.0 Å². The van der Waals surface area contributed by atoms with Crippen molar-refractivity contribution < 1.29 is 162 Å². The van der Waals surface area contributed by atoms with Crippen molar-refractivity contribution in [2.24, 2.45) is 5.73 Å². The van der Waals surface area contributed by atoms with E-state index in [2.05, 4.69) is 31.9 Å². The largest absolute Gasteiger partial charge is 0.508 e. The van der Waals surface area contributed by atoms with E-state index < -0.39 is 289 Å². The predicted molar refractivity (Wildman–Crippen MR) is 427 cm³/mol. The minimum Gasteiger partial charge on any atom is -0.508 e. The van der Waals surface area contributed by atoms with Gasteiger partial charge in [0, 0.05) is 56.0 Å². The Morgan fingerprint density at radius 1 is 0.532 bits per heavy atom. The topological polar surface area (TPSA) is 635 Å². The molecule has 17 bridgehead atoms. The number of nitrogens with two attached hydrogens (primary N) is 1. The quantitative estimate of drug-likeness (QED) is 0.0742. The Morgan fingerprint density at radius 2 is 1.10 bits per heavy atom. The van der Waals surface area contributed by atoms with Crippen LogP contribution in [0.25, 0.3) is 11.1 Å². The molecule has 0 aliphatic carbocycles. The molecule has 22 N–H and O–H groups in total. The molecule has 3 saturated heterocycles. The van der Waals surface area contributed by atoms with Crippen LogP contribution in [-0.4, -0.2) is 249 Å². The van der Waals surface area contributed by atoms with Gasteiger partial charge in [0.15, 0.2) is 40.9 Å². The third kappa shape index (κ3) is 19.6. The lowest BCUT2D eigenvalue weighted by atomic mass is 9.85. The van der Waals surface area contributed by atoms with Crippen LogP contribution in [0, 0.1) is 0 Å². The van der Waals surface area contributed by atoms with Gasteiger partial charge >= 0.3 is 6.15 Å². The summed E-state index contributed by atoms with van der Waals surface area (Å²) in [6.45, 7) is -0.987. The van der Waals surface area contributed by atoms with Gasteiger partial charge in [-0.1, -0.05) is 54.4 Å². The first-order valence-electron chi connectivity index (χ1n) is 39.4. The normalized spacial score (nSPS) is 29.0. The van der Waals surface area contributed by atoms with E-state index in [0.29, 0.717) is 0 Å². The minimum atomic E-state index is -2.29. The number of halogens is 2. The van der Waals surface area contributed by atoms with Crippen LogP contribution >= 0.6 is 23.2 Å². The summed E-state index contributed by atoms with van der Waals surface area (Å²) < 4.78 is 57.5. The maximum absolute atomic E-state index is 17.0. The molecule has 3 fully saturated rings. The van der Waals surface area contributed by atoms with Gasteiger partial charge in [0.05, 0.1) is 47.7 Å². The number of nitrogens with one attached hydrogen (secondary N) is 6. The fourth-order valence-corrected chi connectivity index (χ4v) is 16.2. The second-order valence-electron chi connectivity index (χ2n) is 30.7. The Balaban J connectivity index is 0.00000447. The van der Waals surface area contributed by atoms with E-state index in [1.165, 1.54) is 54.6 Å². The third-order valence-electron chi connectivity index (χ3n) is 22.2. The highest BCUT2D eigenvalue weighted by Gasteiger charge is 2.52. The molecule has 9 aliphatic rings. The van der Waals surface area contributed by atoms with Gasteiger partial charge in [0.25, 0.3) is 0 Å². The summed E-state index contributed by atoms with van der Waals surface area (Å²) in [6, 6.07) is 11.0. The molecule has 0 saturated carbocycles. The summed E-state index contributed by atoms with van der Waals surface area (Å²) >= 11 is 14.7. The number of Topliss-reactive ketones (excluding diaryl/α,β-unsaturated/α-hetero) is 2. The number of aliphatic hydroxyl groups excluding tert-OH is 10. The van der Waals surface area contributed by atoms with E-state index in [1.54, 1.807) is 6.92 Å². The zero-order valence-corrected chi connectivity index (χ0v) is 67.9. The highest BCUT2D eigenvalue weighted by molar-refractivity contribution is 6.32. The average Bonchev–Trinajstić information content (AvgIpc) is 0.767. The van der Waals surface area contributed by atoms with E-state index in [9.17, 15) is 85.9 Å². The fraction of sp³-hybridized carbons (Fsp3) is 0.393. The van der Waals surface area contributed by atoms with Crippen LogP contribution < -0.4 is 61.3 Å². The van der Waals surface area contributed by atoms with Crippen LogP contribution in [0.4, 0.5) is 0 Å². The molecule has 42 heteroatoms. The number of carbonyl (C=O) groups is 8. The lowest BCUT2D eigenvalue weighted by molar-refractivity contribution is -0.284. The number of aliphatic hydroxyl groups is 10. The van der Waals surface area contributed by atoms with Gasteiger partial charge in [-0.15, -0.1) is 0 Å². The maximum Gasteiger partial charge on any atom is 0.373 e. The van der Waals surface area contributed by atoms with Crippen LogP contribution in [-0.2, 0) is 79.9 Å². The Bertz CT molecular complexity index is 5370. The molecule has 22 atom stereocenters. The highest BCUT2D eigenvalue weighted by atomic mass is 35.5. The van der Waals surface area contributed by atoms with Gasteiger partial charge in [0.2, 0.25) is 53.8 Å². The monoisotopic (exact) mass is 1790 g/mol. The second-order valence-corrected chi connectivity index (χ2v) is 31.6. The first-order chi connectivity index (χ1) is 60.1. The van der Waals surface area contributed by atoms with Crippen molar-refractivity contribution in [3.63, 3.8) is 0 Å². The van der Waals surface area contributed by atoms with Crippen molar-refractivity contribution in [2.45, 2.75) is 187 Å². The number of phenolic OH excluding ortho intramolecular Hbond substituents is 4. The Labute approximate surface area is 723 Å².